The van der Waals surface area contributed by atoms with Gasteiger partial charge in [-0.3, -0.25) is 9.48 Å². The van der Waals surface area contributed by atoms with Crippen molar-refractivity contribution in [3.05, 3.63) is 51.0 Å². The highest BCUT2D eigenvalue weighted by Gasteiger charge is 2.18. The molecule has 0 aliphatic rings. The second-order valence-corrected chi connectivity index (χ2v) is 5.51. The summed E-state index contributed by atoms with van der Waals surface area (Å²) in [5, 5.41) is 4.37. The van der Waals surface area contributed by atoms with E-state index in [1.54, 1.807) is 13.0 Å². The van der Waals surface area contributed by atoms with Gasteiger partial charge in [-0.15, -0.1) is 0 Å². The van der Waals surface area contributed by atoms with E-state index in [1.165, 1.54) is 12.1 Å². The van der Waals surface area contributed by atoms with Gasteiger partial charge in [0.05, 0.1) is 22.3 Å². The Morgan fingerprint density at radius 2 is 2.10 bits per heavy atom. The third kappa shape index (κ3) is 2.82. The number of nitrogens with zero attached hydrogens (tertiary/aromatic N) is 2. The minimum atomic E-state index is -0.324. The molecule has 1 aromatic heterocycles. The molecule has 20 heavy (non-hydrogen) atoms. The van der Waals surface area contributed by atoms with Crippen LogP contribution in [-0.2, 0) is 13.0 Å². The van der Waals surface area contributed by atoms with Crippen LogP contribution in [0.2, 0.25) is 0 Å². The minimum Gasteiger partial charge on any atom is -0.294 e. The summed E-state index contributed by atoms with van der Waals surface area (Å²) < 4.78 is 15.8. The maximum absolute atomic E-state index is 13.1. The molecule has 0 bridgehead atoms. The zero-order chi connectivity index (χ0) is 14.9. The summed E-state index contributed by atoms with van der Waals surface area (Å²) in [7, 11) is 0. The van der Waals surface area contributed by atoms with Gasteiger partial charge in [0.1, 0.15) is 5.82 Å². The molecule has 1 heterocycles. The molecule has 5 heteroatoms. The first-order chi connectivity index (χ1) is 9.43. The second-order valence-electron chi connectivity index (χ2n) is 4.72. The lowest BCUT2D eigenvalue weighted by molar-refractivity contribution is 0.0989. The Kier molecular flexibility index (Phi) is 4.38. The maximum Gasteiger partial charge on any atom is 0.169 e. The van der Waals surface area contributed by atoms with Gasteiger partial charge in [-0.05, 0) is 60.5 Å². The Morgan fingerprint density at radius 3 is 2.70 bits per heavy atom. The maximum atomic E-state index is 13.1. The number of hydrogen-bond acceptors (Lipinski definition) is 2. The van der Waals surface area contributed by atoms with Crippen molar-refractivity contribution in [3.63, 3.8) is 0 Å². The number of carbonyl (C=O) groups is 1. The monoisotopic (exact) mass is 338 g/mol. The Morgan fingerprint density at radius 1 is 1.40 bits per heavy atom. The summed E-state index contributed by atoms with van der Waals surface area (Å²) in [6, 6.07) is 4.24. The SMILES string of the molecule is CCn1nc(C)c(Br)c1CC(=O)c1ccc(F)cc1C. The van der Waals surface area contributed by atoms with Crippen molar-refractivity contribution in [2.75, 3.05) is 0 Å². The molecule has 3 nitrogen and oxygen atoms in total. The molecule has 1 aromatic carbocycles. The van der Waals surface area contributed by atoms with Gasteiger partial charge in [-0.2, -0.15) is 5.10 Å². The molecule has 0 spiro atoms. The average Bonchev–Trinajstić information content (AvgIpc) is 2.66. The van der Waals surface area contributed by atoms with Crippen LogP contribution < -0.4 is 0 Å². The molecular weight excluding hydrogens is 323 g/mol. The minimum absolute atomic E-state index is 0.0298. The third-order valence-corrected chi connectivity index (χ3v) is 4.30. The van der Waals surface area contributed by atoms with Crippen LogP contribution in [0.5, 0.6) is 0 Å². The van der Waals surface area contributed by atoms with E-state index in [0.29, 0.717) is 17.7 Å². The van der Waals surface area contributed by atoms with Crippen LogP contribution in [0.3, 0.4) is 0 Å². The fourth-order valence-corrected chi connectivity index (χ4v) is 2.65. The predicted molar refractivity (Wildman–Crippen MR) is 79.5 cm³/mol. The molecule has 0 amide bonds. The molecule has 0 aliphatic heterocycles. The molecule has 2 aromatic rings. The normalized spacial score (nSPS) is 10.8. The van der Waals surface area contributed by atoms with E-state index >= 15 is 0 Å². The first kappa shape index (κ1) is 14.9. The number of rotatable bonds is 4. The fraction of sp³-hybridized carbons (Fsp3) is 0.333. The Balaban J connectivity index is 2.32. The van der Waals surface area contributed by atoms with Gasteiger partial charge in [0, 0.05) is 12.1 Å². The van der Waals surface area contributed by atoms with E-state index in [-0.39, 0.29) is 18.0 Å². The Hall–Kier alpha value is -1.49. The van der Waals surface area contributed by atoms with E-state index in [2.05, 4.69) is 21.0 Å². The topological polar surface area (TPSA) is 34.9 Å². The van der Waals surface area contributed by atoms with Crippen LogP contribution in [-0.4, -0.2) is 15.6 Å². The van der Waals surface area contributed by atoms with Crippen molar-refractivity contribution in [3.8, 4) is 0 Å². The highest BCUT2D eigenvalue weighted by molar-refractivity contribution is 9.10. The van der Waals surface area contributed by atoms with E-state index in [1.807, 2.05) is 18.5 Å². The van der Waals surface area contributed by atoms with Crippen molar-refractivity contribution in [1.82, 2.24) is 9.78 Å². The number of Topliss-reactive ketones (excluding diaryl/α,β-unsaturated/α-hetero) is 1. The second kappa shape index (κ2) is 5.87. The van der Waals surface area contributed by atoms with Crippen LogP contribution in [0, 0.1) is 19.7 Å². The quantitative estimate of drug-likeness (QED) is 0.793. The fourth-order valence-electron chi connectivity index (χ4n) is 2.23. The van der Waals surface area contributed by atoms with Crippen molar-refractivity contribution >= 4 is 21.7 Å². The number of carbonyl (C=O) groups excluding carboxylic acids is 1. The zero-order valence-electron chi connectivity index (χ0n) is 11.7. The number of hydrogen-bond donors (Lipinski definition) is 0. The summed E-state index contributed by atoms with van der Waals surface area (Å²) in [6.45, 7) is 6.33. The molecule has 0 saturated heterocycles. The lowest BCUT2D eigenvalue weighted by Crippen LogP contribution is -2.11. The van der Waals surface area contributed by atoms with Crippen LogP contribution in [0.15, 0.2) is 22.7 Å². The van der Waals surface area contributed by atoms with Crippen molar-refractivity contribution in [1.29, 1.82) is 0 Å². The number of benzene rings is 1. The molecular formula is C15H16BrFN2O. The summed E-state index contributed by atoms with van der Waals surface area (Å²) >= 11 is 3.48. The van der Waals surface area contributed by atoms with E-state index in [4.69, 9.17) is 0 Å². The summed E-state index contributed by atoms with van der Waals surface area (Å²) in [4.78, 5) is 12.4. The van der Waals surface area contributed by atoms with Gasteiger partial charge in [-0.1, -0.05) is 0 Å². The van der Waals surface area contributed by atoms with E-state index < -0.39 is 0 Å². The van der Waals surface area contributed by atoms with Crippen molar-refractivity contribution in [2.45, 2.75) is 33.7 Å². The van der Waals surface area contributed by atoms with Crippen molar-refractivity contribution in [2.24, 2.45) is 0 Å². The van der Waals surface area contributed by atoms with Crippen LogP contribution in [0.25, 0.3) is 0 Å². The molecule has 0 atom stereocenters. The molecule has 0 aliphatic carbocycles. The molecule has 0 N–H and O–H groups in total. The molecule has 2 rings (SSSR count). The Bertz CT molecular complexity index is 664. The van der Waals surface area contributed by atoms with Crippen LogP contribution in [0.1, 0.15) is 34.2 Å². The largest absolute Gasteiger partial charge is 0.294 e. The lowest BCUT2D eigenvalue weighted by Gasteiger charge is -2.07. The van der Waals surface area contributed by atoms with Gasteiger partial charge in [-0.25, -0.2) is 4.39 Å². The summed E-state index contributed by atoms with van der Waals surface area (Å²) in [6.07, 6.45) is 0.252. The molecule has 106 valence electrons. The molecule has 0 saturated carbocycles. The van der Waals surface area contributed by atoms with Gasteiger partial charge in [0.15, 0.2) is 5.78 Å². The van der Waals surface area contributed by atoms with Crippen LogP contribution >= 0.6 is 15.9 Å². The summed E-state index contributed by atoms with van der Waals surface area (Å²) in [5.74, 6) is -0.354. The number of aromatic nitrogens is 2. The van der Waals surface area contributed by atoms with Gasteiger partial charge in [0.2, 0.25) is 0 Å². The molecule has 0 radical (unpaired) electrons. The summed E-state index contributed by atoms with van der Waals surface area (Å²) in [5.41, 5.74) is 2.94. The smallest absolute Gasteiger partial charge is 0.169 e. The number of ketones is 1. The van der Waals surface area contributed by atoms with E-state index in [9.17, 15) is 9.18 Å². The number of aryl methyl sites for hydroxylation is 3. The predicted octanol–water partition coefficient (Wildman–Crippen LogP) is 3.85. The van der Waals surface area contributed by atoms with Crippen molar-refractivity contribution < 1.29 is 9.18 Å². The average molecular weight is 339 g/mol. The van der Waals surface area contributed by atoms with Gasteiger partial charge in [0.25, 0.3) is 0 Å². The molecule has 0 unspecified atom stereocenters. The molecule has 0 fully saturated rings. The van der Waals surface area contributed by atoms with Gasteiger partial charge < -0.3 is 0 Å². The van der Waals surface area contributed by atoms with Gasteiger partial charge >= 0.3 is 0 Å². The first-order valence-corrected chi connectivity index (χ1v) is 7.24. The van der Waals surface area contributed by atoms with Crippen LogP contribution in [0.4, 0.5) is 4.39 Å². The third-order valence-electron chi connectivity index (χ3n) is 3.27. The lowest BCUT2D eigenvalue weighted by atomic mass is 10.0. The Labute approximate surface area is 125 Å². The zero-order valence-corrected chi connectivity index (χ0v) is 13.3. The first-order valence-electron chi connectivity index (χ1n) is 6.45. The van der Waals surface area contributed by atoms with E-state index in [0.717, 1.165) is 15.9 Å². The number of halogens is 2. The standard InChI is InChI=1S/C15H16BrFN2O/c1-4-19-13(15(16)10(3)18-19)8-14(20)12-6-5-11(17)7-9(12)2/h5-7H,4,8H2,1-3H3. The highest BCUT2D eigenvalue weighted by Crippen LogP contribution is 2.23. The highest BCUT2D eigenvalue weighted by atomic mass is 79.9.